The molecule has 122 valence electrons. The molecule has 22 heavy (non-hydrogen) atoms. The van der Waals surface area contributed by atoms with Crippen molar-refractivity contribution in [2.75, 3.05) is 46.1 Å². The SMILES string of the molecule is CCc1ccccc1OCCN1C[C@@H]2CCOC[C@]2(CO)C1. The number of fused-ring (bicyclic) bond motifs is 1. The predicted molar refractivity (Wildman–Crippen MR) is 86.2 cm³/mol. The number of rotatable bonds is 6. The molecule has 1 aromatic carbocycles. The number of para-hydroxylation sites is 1. The maximum Gasteiger partial charge on any atom is 0.122 e. The van der Waals surface area contributed by atoms with Crippen LogP contribution in [0.5, 0.6) is 5.75 Å². The molecular formula is C18H27NO3. The molecule has 0 bridgehead atoms. The standard InChI is InChI=1S/C18H27NO3/c1-2-15-5-3-4-6-17(15)22-10-8-19-11-16-7-9-21-14-18(16,12-19)13-20/h3-6,16,20H,2,7-14H2,1H3/t16-,18+/m0/s1. The highest BCUT2D eigenvalue weighted by atomic mass is 16.5. The van der Waals surface area contributed by atoms with Gasteiger partial charge in [-0.05, 0) is 30.4 Å². The maximum atomic E-state index is 9.80. The van der Waals surface area contributed by atoms with E-state index in [4.69, 9.17) is 9.47 Å². The molecule has 2 heterocycles. The summed E-state index contributed by atoms with van der Waals surface area (Å²) in [7, 11) is 0. The third kappa shape index (κ3) is 3.14. The molecule has 2 fully saturated rings. The Labute approximate surface area is 133 Å². The highest BCUT2D eigenvalue weighted by Gasteiger charge is 2.47. The van der Waals surface area contributed by atoms with Crippen LogP contribution in [0.3, 0.4) is 0 Å². The van der Waals surface area contributed by atoms with Gasteiger partial charge in [0.2, 0.25) is 0 Å². The smallest absolute Gasteiger partial charge is 0.122 e. The first-order valence-electron chi connectivity index (χ1n) is 8.39. The van der Waals surface area contributed by atoms with Gasteiger partial charge in [-0.2, -0.15) is 0 Å². The van der Waals surface area contributed by atoms with E-state index in [9.17, 15) is 5.11 Å². The Bertz CT molecular complexity index is 493. The zero-order chi connectivity index (χ0) is 15.4. The average molecular weight is 305 g/mol. The first-order valence-corrected chi connectivity index (χ1v) is 8.39. The lowest BCUT2D eigenvalue weighted by Crippen LogP contribution is -2.43. The van der Waals surface area contributed by atoms with Crippen LogP contribution in [0.1, 0.15) is 18.9 Å². The summed E-state index contributed by atoms with van der Waals surface area (Å²) >= 11 is 0. The van der Waals surface area contributed by atoms with E-state index in [1.165, 1.54) is 5.56 Å². The van der Waals surface area contributed by atoms with E-state index < -0.39 is 0 Å². The van der Waals surface area contributed by atoms with E-state index in [-0.39, 0.29) is 12.0 Å². The Morgan fingerprint density at radius 1 is 1.41 bits per heavy atom. The number of likely N-dealkylation sites (tertiary alicyclic amines) is 1. The zero-order valence-electron chi connectivity index (χ0n) is 13.5. The third-order valence-corrected chi connectivity index (χ3v) is 5.22. The maximum absolute atomic E-state index is 9.80. The summed E-state index contributed by atoms with van der Waals surface area (Å²) in [5.41, 5.74) is 1.22. The van der Waals surface area contributed by atoms with Crippen LogP contribution in [0.2, 0.25) is 0 Å². The van der Waals surface area contributed by atoms with E-state index in [2.05, 4.69) is 24.0 Å². The van der Waals surface area contributed by atoms with Crippen molar-refractivity contribution in [3.63, 3.8) is 0 Å². The number of ether oxygens (including phenoxy) is 2. The fourth-order valence-corrected chi connectivity index (χ4v) is 3.82. The molecule has 2 aliphatic rings. The van der Waals surface area contributed by atoms with Crippen molar-refractivity contribution in [1.29, 1.82) is 0 Å². The molecule has 4 heteroatoms. The van der Waals surface area contributed by atoms with E-state index in [1.807, 2.05) is 12.1 Å². The minimum Gasteiger partial charge on any atom is -0.492 e. The van der Waals surface area contributed by atoms with Gasteiger partial charge in [0, 0.05) is 31.7 Å². The Kier molecular flexibility index (Phi) is 5.01. The lowest BCUT2D eigenvalue weighted by molar-refractivity contribution is -0.0561. The van der Waals surface area contributed by atoms with Crippen LogP contribution in [0, 0.1) is 11.3 Å². The molecule has 0 aliphatic carbocycles. The zero-order valence-corrected chi connectivity index (χ0v) is 13.5. The van der Waals surface area contributed by atoms with Crippen molar-refractivity contribution in [3.05, 3.63) is 29.8 Å². The van der Waals surface area contributed by atoms with Crippen molar-refractivity contribution >= 4 is 0 Å². The number of aryl methyl sites for hydroxylation is 1. The summed E-state index contributed by atoms with van der Waals surface area (Å²) in [5, 5.41) is 9.80. The Morgan fingerprint density at radius 3 is 3.05 bits per heavy atom. The summed E-state index contributed by atoms with van der Waals surface area (Å²) in [6, 6.07) is 8.25. The van der Waals surface area contributed by atoms with Crippen molar-refractivity contribution in [3.8, 4) is 5.75 Å². The minimum absolute atomic E-state index is 0.0421. The average Bonchev–Trinajstić information content (AvgIpc) is 2.94. The monoisotopic (exact) mass is 305 g/mol. The van der Waals surface area contributed by atoms with E-state index in [0.717, 1.165) is 44.8 Å². The van der Waals surface area contributed by atoms with Gasteiger partial charge in [0.05, 0.1) is 13.2 Å². The van der Waals surface area contributed by atoms with Gasteiger partial charge in [0.25, 0.3) is 0 Å². The summed E-state index contributed by atoms with van der Waals surface area (Å²) < 4.78 is 11.6. The van der Waals surface area contributed by atoms with Gasteiger partial charge in [0.15, 0.2) is 0 Å². The summed E-state index contributed by atoms with van der Waals surface area (Å²) in [4.78, 5) is 2.42. The van der Waals surface area contributed by atoms with Gasteiger partial charge in [-0.3, -0.25) is 4.90 Å². The van der Waals surface area contributed by atoms with E-state index >= 15 is 0 Å². The van der Waals surface area contributed by atoms with Crippen molar-refractivity contribution in [2.24, 2.45) is 11.3 Å². The lowest BCUT2D eigenvalue weighted by atomic mass is 9.76. The summed E-state index contributed by atoms with van der Waals surface area (Å²) in [6.45, 7) is 7.51. The van der Waals surface area contributed by atoms with Crippen LogP contribution in [-0.2, 0) is 11.2 Å². The second kappa shape index (κ2) is 6.99. The molecule has 4 nitrogen and oxygen atoms in total. The Morgan fingerprint density at radius 2 is 2.27 bits per heavy atom. The first kappa shape index (κ1) is 15.8. The summed E-state index contributed by atoms with van der Waals surface area (Å²) in [5.74, 6) is 1.57. The largest absolute Gasteiger partial charge is 0.492 e. The highest BCUT2D eigenvalue weighted by Crippen LogP contribution is 2.40. The van der Waals surface area contributed by atoms with Crippen LogP contribution in [0.15, 0.2) is 24.3 Å². The normalized spacial score (nSPS) is 28.5. The van der Waals surface area contributed by atoms with Crippen LogP contribution in [0.4, 0.5) is 0 Å². The van der Waals surface area contributed by atoms with Gasteiger partial charge in [0.1, 0.15) is 12.4 Å². The number of nitrogens with zero attached hydrogens (tertiary/aromatic N) is 1. The van der Waals surface area contributed by atoms with Gasteiger partial charge in [-0.15, -0.1) is 0 Å². The Balaban J connectivity index is 1.52. The van der Waals surface area contributed by atoms with Crippen molar-refractivity contribution in [1.82, 2.24) is 4.90 Å². The molecule has 2 atom stereocenters. The molecule has 0 aromatic heterocycles. The topological polar surface area (TPSA) is 41.9 Å². The predicted octanol–water partition coefficient (Wildman–Crippen LogP) is 1.96. The van der Waals surface area contributed by atoms with Gasteiger partial charge >= 0.3 is 0 Å². The van der Waals surface area contributed by atoms with Gasteiger partial charge < -0.3 is 14.6 Å². The molecule has 2 aliphatic heterocycles. The highest BCUT2D eigenvalue weighted by molar-refractivity contribution is 5.33. The molecule has 0 amide bonds. The van der Waals surface area contributed by atoms with Crippen LogP contribution < -0.4 is 4.74 Å². The van der Waals surface area contributed by atoms with Crippen molar-refractivity contribution in [2.45, 2.75) is 19.8 Å². The van der Waals surface area contributed by atoms with Crippen molar-refractivity contribution < 1.29 is 14.6 Å². The molecule has 0 saturated carbocycles. The van der Waals surface area contributed by atoms with Gasteiger partial charge in [-0.1, -0.05) is 25.1 Å². The molecule has 1 aromatic rings. The van der Waals surface area contributed by atoms with Crippen LogP contribution in [0.25, 0.3) is 0 Å². The number of aliphatic hydroxyl groups excluding tert-OH is 1. The lowest BCUT2D eigenvalue weighted by Gasteiger charge is -2.36. The van der Waals surface area contributed by atoms with Crippen LogP contribution in [-0.4, -0.2) is 56.1 Å². The molecule has 3 rings (SSSR count). The molecule has 1 N–H and O–H groups in total. The number of aliphatic hydroxyl groups is 1. The Hall–Kier alpha value is -1.10. The fourth-order valence-electron chi connectivity index (χ4n) is 3.82. The first-order chi connectivity index (χ1) is 10.8. The molecule has 2 saturated heterocycles. The summed E-state index contributed by atoms with van der Waals surface area (Å²) in [6.07, 6.45) is 2.06. The van der Waals surface area contributed by atoms with E-state index in [0.29, 0.717) is 19.1 Å². The quantitative estimate of drug-likeness (QED) is 0.872. The third-order valence-electron chi connectivity index (χ3n) is 5.22. The van der Waals surface area contributed by atoms with Crippen LogP contribution >= 0.6 is 0 Å². The number of hydrogen-bond donors (Lipinski definition) is 1. The second-order valence-electron chi connectivity index (χ2n) is 6.60. The van der Waals surface area contributed by atoms with E-state index in [1.54, 1.807) is 0 Å². The number of benzene rings is 1. The van der Waals surface area contributed by atoms with Gasteiger partial charge in [-0.25, -0.2) is 0 Å². The molecule has 0 radical (unpaired) electrons. The second-order valence-corrected chi connectivity index (χ2v) is 6.60. The minimum atomic E-state index is -0.0421. The fraction of sp³-hybridized carbons (Fsp3) is 0.667. The number of hydrogen-bond acceptors (Lipinski definition) is 4. The molecular weight excluding hydrogens is 278 g/mol. The molecule has 0 spiro atoms. The molecule has 0 unspecified atom stereocenters.